The highest BCUT2D eigenvalue weighted by molar-refractivity contribution is 6.30. The molecule has 0 spiro atoms. The molecule has 0 aliphatic rings. The van der Waals surface area contributed by atoms with Gasteiger partial charge in [-0.1, -0.05) is 11.6 Å². The summed E-state index contributed by atoms with van der Waals surface area (Å²) in [4.78, 5) is 22.3. The molecule has 0 heterocycles. The highest BCUT2D eigenvalue weighted by atomic mass is 35.5. The van der Waals surface area contributed by atoms with Gasteiger partial charge >= 0.3 is 11.9 Å². The summed E-state index contributed by atoms with van der Waals surface area (Å²) >= 11 is 5.80. The van der Waals surface area contributed by atoms with Gasteiger partial charge in [0.25, 0.3) is 0 Å². The lowest BCUT2D eigenvalue weighted by molar-refractivity contribution is -0.131. The zero-order valence-corrected chi connectivity index (χ0v) is 16.8. The van der Waals surface area contributed by atoms with Crippen LogP contribution in [0.4, 0.5) is 5.69 Å². The SMILES string of the molecule is CC(=O)Oc1ccc(NCCCOc2ccc(Cl)cc2)cc1C(=O)O.COC. The first kappa shape index (κ1) is 23.3. The summed E-state index contributed by atoms with van der Waals surface area (Å²) in [5.41, 5.74) is 0.553. The first-order valence-electron chi connectivity index (χ1n) is 8.45. The number of methoxy groups -OCH3 is 1. The van der Waals surface area contributed by atoms with Gasteiger partial charge in [0.2, 0.25) is 0 Å². The normalized spacial score (nSPS) is 9.71. The first-order valence-corrected chi connectivity index (χ1v) is 8.83. The van der Waals surface area contributed by atoms with E-state index in [1.54, 1.807) is 44.6 Å². The highest BCUT2D eigenvalue weighted by Gasteiger charge is 2.13. The molecule has 0 aromatic heterocycles. The topological polar surface area (TPSA) is 94.1 Å². The summed E-state index contributed by atoms with van der Waals surface area (Å²) in [5.74, 6) is -0.964. The molecule has 2 aromatic carbocycles. The standard InChI is InChI=1S/C18H18ClNO5.C2H6O/c1-12(21)25-17-8-5-14(11-16(17)18(22)23)20-9-2-10-24-15-6-3-13(19)4-7-15;1-3-2/h3-8,11,20H,2,9-10H2,1H3,(H,22,23);1-2H3. The van der Waals surface area contributed by atoms with Crippen LogP contribution in [0, 0.1) is 0 Å². The largest absolute Gasteiger partial charge is 0.494 e. The van der Waals surface area contributed by atoms with Gasteiger partial charge in [0.05, 0.1) is 6.61 Å². The Labute approximate surface area is 169 Å². The predicted molar refractivity (Wildman–Crippen MR) is 108 cm³/mol. The van der Waals surface area contributed by atoms with Crippen LogP contribution < -0.4 is 14.8 Å². The molecule has 7 nitrogen and oxygen atoms in total. The number of halogens is 1. The molecule has 0 amide bonds. The van der Waals surface area contributed by atoms with E-state index in [1.807, 2.05) is 0 Å². The Morgan fingerprint density at radius 1 is 1.11 bits per heavy atom. The third kappa shape index (κ3) is 8.75. The molecular weight excluding hydrogens is 386 g/mol. The van der Waals surface area contributed by atoms with E-state index in [1.165, 1.54) is 19.1 Å². The molecule has 0 atom stereocenters. The van der Waals surface area contributed by atoms with Crippen molar-refractivity contribution in [2.45, 2.75) is 13.3 Å². The van der Waals surface area contributed by atoms with Crippen LogP contribution in [0.5, 0.6) is 11.5 Å². The van der Waals surface area contributed by atoms with Crippen molar-refractivity contribution in [3.63, 3.8) is 0 Å². The number of carboxylic acid groups (broad SMARTS) is 1. The van der Waals surface area contributed by atoms with E-state index in [-0.39, 0.29) is 11.3 Å². The molecule has 0 aliphatic carbocycles. The van der Waals surface area contributed by atoms with E-state index in [2.05, 4.69) is 10.1 Å². The second kappa shape index (κ2) is 12.6. The minimum atomic E-state index is -1.16. The summed E-state index contributed by atoms with van der Waals surface area (Å²) in [6.45, 7) is 2.32. The maximum Gasteiger partial charge on any atom is 0.339 e. The number of hydrogen-bond donors (Lipinski definition) is 2. The smallest absolute Gasteiger partial charge is 0.339 e. The van der Waals surface area contributed by atoms with Crippen LogP contribution in [0.2, 0.25) is 5.02 Å². The maximum atomic E-state index is 11.3. The summed E-state index contributed by atoms with van der Waals surface area (Å²) in [7, 11) is 3.25. The molecule has 28 heavy (non-hydrogen) atoms. The van der Waals surface area contributed by atoms with Gasteiger partial charge in [0, 0.05) is 38.4 Å². The Bertz CT molecular complexity index is 764. The molecule has 2 N–H and O–H groups in total. The Morgan fingerprint density at radius 2 is 1.75 bits per heavy atom. The molecule has 0 fully saturated rings. The minimum Gasteiger partial charge on any atom is -0.494 e. The van der Waals surface area contributed by atoms with Crippen molar-refractivity contribution in [1.29, 1.82) is 0 Å². The molecule has 2 rings (SSSR count). The number of carbonyl (C=O) groups excluding carboxylic acids is 1. The van der Waals surface area contributed by atoms with E-state index in [0.717, 1.165) is 12.2 Å². The van der Waals surface area contributed by atoms with E-state index >= 15 is 0 Å². The fraction of sp³-hybridized carbons (Fsp3) is 0.300. The fourth-order valence-corrected chi connectivity index (χ4v) is 2.20. The molecule has 0 bridgehead atoms. The lowest BCUT2D eigenvalue weighted by Gasteiger charge is -2.11. The number of carbonyl (C=O) groups is 2. The zero-order valence-electron chi connectivity index (χ0n) is 16.0. The quantitative estimate of drug-likeness (QED) is 0.385. The van der Waals surface area contributed by atoms with E-state index in [9.17, 15) is 14.7 Å². The average molecular weight is 410 g/mol. The van der Waals surface area contributed by atoms with E-state index in [4.69, 9.17) is 21.1 Å². The van der Waals surface area contributed by atoms with Crippen molar-refractivity contribution in [3.8, 4) is 11.5 Å². The van der Waals surface area contributed by atoms with Gasteiger partial charge in [0.15, 0.2) is 0 Å². The molecule has 0 aliphatic heterocycles. The summed E-state index contributed by atoms with van der Waals surface area (Å²) in [5, 5.41) is 13.0. The lowest BCUT2D eigenvalue weighted by atomic mass is 10.1. The zero-order chi connectivity index (χ0) is 20.9. The Morgan fingerprint density at radius 3 is 2.32 bits per heavy atom. The van der Waals surface area contributed by atoms with Gasteiger partial charge in [0.1, 0.15) is 17.1 Å². The maximum absolute atomic E-state index is 11.3. The van der Waals surface area contributed by atoms with Gasteiger partial charge < -0.3 is 24.6 Å². The number of rotatable bonds is 8. The minimum absolute atomic E-state index is 0.0246. The van der Waals surface area contributed by atoms with Gasteiger partial charge in [-0.3, -0.25) is 4.79 Å². The third-order valence-corrected chi connectivity index (χ3v) is 3.45. The molecule has 8 heteroatoms. The number of benzene rings is 2. The second-order valence-electron chi connectivity index (χ2n) is 5.60. The van der Waals surface area contributed by atoms with Gasteiger partial charge in [-0.25, -0.2) is 4.79 Å². The van der Waals surface area contributed by atoms with Crippen LogP contribution in [0.25, 0.3) is 0 Å². The van der Waals surface area contributed by atoms with E-state index < -0.39 is 11.9 Å². The monoisotopic (exact) mass is 409 g/mol. The van der Waals surface area contributed by atoms with Crippen molar-refractivity contribution < 1.29 is 28.9 Å². The molecule has 152 valence electrons. The van der Waals surface area contributed by atoms with Crippen LogP contribution in [0.1, 0.15) is 23.7 Å². The predicted octanol–water partition coefficient (Wildman–Crippen LogP) is 4.11. The summed E-state index contributed by atoms with van der Waals surface area (Å²) in [6.07, 6.45) is 0.719. The average Bonchev–Trinajstić information content (AvgIpc) is 2.64. The van der Waals surface area contributed by atoms with Crippen molar-refractivity contribution in [1.82, 2.24) is 0 Å². The number of nitrogens with one attached hydrogen (secondary N) is 1. The van der Waals surface area contributed by atoms with Crippen LogP contribution in [0.3, 0.4) is 0 Å². The first-order chi connectivity index (χ1) is 13.4. The number of carboxylic acids is 1. The summed E-state index contributed by atoms with van der Waals surface area (Å²) in [6, 6.07) is 11.6. The Balaban J connectivity index is 0.00000122. The van der Waals surface area contributed by atoms with Gasteiger partial charge in [-0.15, -0.1) is 0 Å². The van der Waals surface area contributed by atoms with Crippen molar-refractivity contribution in [3.05, 3.63) is 53.1 Å². The molecule has 0 saturated carbocycles. The highest BCUT2D eigenvalue weighted by Crippen LogP contribution is 2.23. The fourth-order valence-electron chi connectivity index (χ4n) is 2.08. The third-order valence-electron chi connectivity index (χ3n) is 3.20. The van der Waals surface area contributed by atoms with Crippen LogP contribution in [-0.2, 0) is 9.53 Å². The molecule has 0 unspecified atom stereocenters. The van der Waals surface area contributed by atoms with Crippen LogP contribution >= 0.6 is 11.6 Å². The molecular formula is C20H24ClNO6. The number of aromatic carboxylic acids is 1. The Hall–Kier alpha value is -2.77. The van der Waals surface area contributed by atoms with Gasteiger partial charge in [-0.2, -0.15) is 0 Å². The van der Waals surface area contributed by atoms with Crippen LogP contribution in [0.15, 0.2) is 42.5 Å². The number of hydrogen-bond acceptors (Lipinski definition) is 6. The van der Waals surface area contributed by atoms with Crippen LogP contribution in [-0.4, -0.2) is 44.4 Å². The lowest BCUT2D eigenvalue weighted by Crippen LogP contribution is -2.10. The molecule has 0 saturated heterocycles. The van der Waals surface area contributed by atoms with Gasteiger partial charge in [-0.05, 0) is 48.9 Å². The number of anilines is 1. The Kier molecular flexibility index (Phi) is 10.5. The second-order valence-corrected chi connectivity index (χ2v) is 6.04. The van der Waals surface area contributed by atoms with Crippen molar-refractivity contribution in [2.24, 2.45) is 0 Å². The molecule has 2 aromatic rings. The number of esters is 1. The van der Waals surface area contributed by atoms with Crippen molar-refractivity contribution >= 4 is 29.2 Å². The van der Waals surface area contributed by atoms with Crippen molar-refractivity contribution in [2.75, 3.05) is 32.7 Å². The summed E-state index contributed by atoms with van der Waals surface area (Å²) < 4.78 is 14.7. The number of ether oxygens (including phenoxy) is 3. The molecule has 0 radical (unpaired) electrons. The van der Waals surface area contributed by atoms with E-state index in [0.29, 0.717) is 23.9 Å².